The number of rotatable bonds is 4. The van der Waals surface area contributed by atoms with Crippen LogP contribution in [0.2, 0.25) is 0 Å². The van der Waals surface area contributed by atoms with Crippen molar-refractivity contribution in [1.82, 2.24) is 15.3 Å². The second-order valence-corrected chi connectivity index (χ2v) is 7.28. The molecule has 0 aromatic carbocycles. The van der Waals surface area contributed by atoms with Crippen molar-refractivity contribution in [3.8, 4) is 0 Å². The van der Waals surface area contributed by atoms with Gasteiger partial charge in [-0.25, -0.2) is 9.97 Å². The van der Waals surface area contributed by atoms with Gasteiger partial charge in [0.25, 0.3) is 0 Å². The first-order valence-corrected chi connectivity index (χ1v) is 8.95. The summed E-state index contributed by atoms with van der Waals surface area (Å²) in [4.78, 5) is 10.00. The van der Waals surface area contributed by atoms with E-state index in [2.05, 4.69) is 12.2 Å². The second kappa shape index (κ2) is 5.68. The van der Waals surface area contributed by atoms with Crippen LogP contribution in [0, 0.1) is 5.92 Å². The summed E-state index contributed by atoms with van der Waals surface area (Å²) in [5, 5.41) is 3.46. The molecule has 2 aliphatic carbocycles. The molecule has 4 rings (SSSR count). The summed E-state index contributed by atoms with van der Waals surface area (Å²) in [5.74, 6) is 3.51. The van der Waals surface area contributed by atoms with E-state index < -0.39 is 0 Å². The lowest BCUT2D eigenvalue weighted by Crippen LogP contribution is -2.17. The number of fused-ring (bicyclic) bond motifs is 1. The van der Waals surface area contributed by atoms with Crippen molar-refractivity contribution >= 4 is 0 Å². The van der Waals surface area contributed by atoms with E-state index in [1.807, 2.05) is 0 Å². The average molecular weight is 285 g/mol. The van der Waals surface area contributed by atoms with Gasteiger partial charge in [-0.15, -0.1) is 0 Å². The highest BCUT2D eigenvalue weighted by atomic mass is 15.0. The smallest absolute Gasteiger partial charge is 0.132 e. The summed E-state index contributed by atoms with van der Waals surface area (Å²) < 4.78 is 0. The molecule has 114 valence electrons. The molecule has 0 radical (unpaired) electrons. The monoisotopic (exact) mass is 285 g/mol. The molecule has 3 heteroatoms. The molecule has 0 unspecified atom stereocenters. The first-order chi connectivity index (χ1) is 10.3. The van der Waals surface area contributed by atoms with Crippen LogP contribution in [0.25, 0.3) is 0 Å². The summed E-state index contributed by atoms with van der Waals surface area (Å²) in [7, 11) is 0. The minimum Gasteiger partial charge on any atom is -0.307 e. The Morgan fingerprint density at radius 1 is 0.952 bits per heavy atom. The van der Waals surface area contributed by atoms with Crippen LogP contribution < -0.4 is 5.32 Å². The molecule has 3 aliphatic rings. The lowest BCUT2D eigenvalue weighted by Gasteiger charge is -2.28. The Morgan fingerprint density at radius 3 is 2.43 bits per heavy atom. The van der Waals surface area contributed by atoms with Crippen molar-refractivity contribution in [2.45, 2.75) is 83.2 Å². The van der Waals surface area contributed by atoms with Gasteiger partial charge in [0.15, 0.2) is 0 Å². The fraction of sp³-hybridized carbons (Fsp3) is 0.778. The predicted molar refractivity (Wildman–Crippen MR) is 84.2 cm³/mol. The van der Waals surface area contributed by atoms with E-state index in [1.54, 1.807) is 0 Å². The van der Waals surface area contributed by atoms with Crippen LogP contribution in [0.15, 0.2) is 0 Å². The molecule has 1 aromatic heterocycles. The maximum absolute atomic E-state index is 5.05. The van der Waals surface area contributed by atoms with E-state index >= 15 is 0 Å². The van der Waals surface area contributed by atoms with Gasteiger partial charge >= 0.3 is 0 Å². The molecule has 0 saturated heterocycles. The lowest BCUT2D eigenvalue weighted by atomic mass is 9.79. The minimum absolute atomic E-state index is 0.626. The molecule has 1 N–H and O–H groups in total. The molecule has 0 bridgehead atoms. The van der Waals surface area contributed by atoms with Crippen LogP contribution >= 0.6 is 0 Å². The molecule has 21 heavy (non-hydrogen) atoms. The van der Waals surface area contributed by atoms with E-state index in [0.29, 0.717) is 5.92 Å². The van der Waals surface area contributed by atoms with Gasteiger partial charge < -0.3 is 5.32 Å². The van der Waals surface area contributed by atoms with Crippen LogP contribution in [0.4, 0.5) is 0 Å². The average Bonchev–Trinajstić information content (AvgIpc) is 3.25. The summed E-state index contributed by atoms with van der Waals surface area (Å²) in [6.07, 6.45) is 10.8. The van der Waals surface area contributed by atoms with Crippen molar-refractivity contribution in [2.75, 3.05) is 0 Å². The molecular weight excluding hydrogens is 258 g/mol. The normalized spacial score (nSPS) is 28.6. The predicted octanol–water partition coefficient (Wildman–Crippen LogP) is 4.03. The van der Waals surface area contributed by atoms with Crippen molar-refractivity contribution in [3.63, 3.8) is 0 Å². The number of nitrogens with one attached hydrogen (secondary N) is 1. The van der Waals surface area contributed by atoms with E-state index in [0.717, 1.165) is 24.9 Å². The Balaban J connectivity index is 1.54. The van der Waals surface area contributed by atoms with Gasteiger partial charge in [-0.1, -0.05) is 19.8 Å². The fourth-order valence-electron chi connectivity index (χ4n) is 4.21. The van der Waals surface area contributed by atoms with Gasteiger partial charge in [-0.05, 0) is 44.4 Å². The molecule has 2 heterocycles. The summed E-state index contributed by atoms with van der Waals surface area (Å²) >= 11 is 0. The van der Waals surface area contributed by atoms with E-state index in [9.17, 15) is 0 Å². The fourth-order valence-corrected chi connectivity index (χ4v) is 4.21. The summed E-state index contributed by atoms with van der Waals surface area (Å²) in [6, 6.07) is 0. The van der Waals surface area contributed by atoms with Gasteiger partial charge in [0.1, 0.15) is 5.82 Å². The highest BCUT2D eigenvalue weighted by Gasteiger charge is 2.33. The van der Waals surface area contributed by atoms with Gasteiger partial charge in [0.05, 0.1) is 11.4 Å². The zero-order valence-electron chi connectivity index (χ0n) is 13.2. The highest BCUT2D eigenvalue weighted by molar-refractivity contribution is 5.34. The standard InChI is InChI=1S/C18H27N3/c1-2-3-12-4-6-14(7-5-12)18-20-16-11-19-10-15(16)17(21-18)13-8-9-13/h12-14,19H,2-11H2,1H3. The van der Waals surface area contributed by atoms with Crippen LogP contribution in [-0.4, -0.2) is 9.97 Å². The molecule has 1 aromatic rings. The van der Waals surface area contributed by atoms with Crippen LogP contribution in [0.3, 0.4) is 0 Å². The molecule has 0 spiro atoms. The Morgan fingerprint density at radius 2 is 1.71 bits per heavy atom. The third-order valence-corrected chi connectivity index (χ3v) is 5.61. The van der Waals surface area contributed by atoms with Crippen molar-refractivity contribution in [1.29, 1.82) is 0 Å². The van der Waals surface area contributed by atoms with Gasteiger partial charge in [-0.2, -0.15) is 0 Å². The van der Waals surface area contributed by atoms with E-state index in [-0.39, 0.29) is 0 Å². The summed E-state index contributed by atoms with van der Waals surface area (Å²) in [5.41, 5.74) is 4.13. The Bertz CT molecular complexity index is 513. The van der Waals surface area contributed by atoms with Crippen molar-refractivity contribution in [3.05, 3.63) is 22.8 Å². The van der Waals surface area contributed by atoms with Crippen LogP contribution in [-0.2, 0) is 13.1 Å². The molecule has 2 fully saturated rings. The van der Waals surface area contributed by atoms with Crippen molar-refractivity contribution in [2.24, 2.45) is 5.92 Å². The molecule has 1 aliphatic heterocycles. The maximum Gasteiger partial charge on any atom is 0.132 e. The quantitative estimate of drug-likeness (QED) is 0.907. The third-order valence-electron chi connectivity index (χ3n) is 5.61. The first-order valence-electron chi connectivity index (χ1n) is 8.95. The zero-order valence-corrected chi connectivity index (χ0v) is 13.2. The van der Waals surface area contributed by atoms with Crippen LogP contribution in [0.1, 0.15) is 92.9 Å². The van der Waals surface area contributed by atoms with Gasteiger partial charge in [0.2, 0.25) is 0 Å². The Kier molecular flexibility index (Phi) is 3.70. The number of aromatic nitrogens is 2. The lowest BCUT2D eigenvalue weighted by molar-refractivity contribution is 0.301. The maximum atomic E-state index is 5.05. The van der Waals surface area contributed by atoms with Gasteiger partial charge in [-0.3, -0.25) is 0 Å². The molecule has 0 atom stereocenters. The first kappa shape index (κ1) is 13.7. The second-order valence-electron chi connectivity index (χ2n) is 7.28. The molecule has 2 saturated carbocycles. The Labute approximate surface area is 128 Å². The zero-order chi connectivity index (χ0) is 14.2. The van der Waals surface area contributed by atoms with E-state index in [1.165, 1.54) is 74.1 Å². The van der Waals surface area contributed by atoms with Crippen molar-refractivity contribution < 1.29 is 0 Å². The van der Waals surface area contributed by atoms with E-state index in [4.69, 9.17) is 9.97 Å². The SMILES string of the molecule is CCCC1CCC(c2nc3c(c(C4CC4)n2)CNC3)CC1. The van der Waals surface area contributed by atoms with Gasteiger partial charge in [0, 0.05) is 30.5 Å². The van der Waals surface area contributed by atoms with Crippen LogP contribution in [0.5, 0.6) is 0 Å². The molecule has 3 nitrogen and oxygen atoms in total. The number of hydrogen-bond acceptors (Lipinski definition) is 3. The number of hydrogen-bond donors (Lipinski definition) is 1. The third kappa shape index (κ3) is 2.73. The number of nitrogens with zero attached hydrogens (tertiary/aromatic N) is 2. The molecule has 0 amide bonds. The highest BCUT2D eigenvalue weighted by Crippen LogP contribution is 2.43. The minimum atomic E-state index is 0.626. The summed E-state index contributed by atoms with van der Waals surface area (Å²) in [6.45, 7) is 4.26. The molecular formula is C18H27N3. The topological polar surface area (TPSA) is 37.8 Å². The Hall–Kier alpha value is -0.960. The largest absolute Gasteiger partial charge is 0.307 e.